The van der Waals surface area contributed by atoms with Gasteiger partial charge in [0.25, 0.3) is 0 Å². The van der Waals surface area contributed by atoms with Crippen molar-refractivity contribution in [3.8, 4) is 22.3 Å². The summed E-state index contributed by atoms with van der Waals surface area (Å²) >= 11 is 1.57. The van der Waals surface area contributed by atoms with E-state index in [1.807, 2.05) is 0 Å². The van der Waals surface area contributed by atoms with E-state index in [1.165, 1.54) is 50.1 Å². The first kappa shape index (κ1) is 23.5. The first-order chi connectivity index (χ1) is 14.7. The summed E-state index contributed by atoms with van der Waals surface area (Å²) in [4.78, 5) is 0. The predicted molar refractivity (Wildman–Crippen MR) is 120 cm³/mol. The second-order valence-corrected chi connectivity index (χ2v) is 10.7. The number of benzene rings is 4. The Morgan fingerprint density at radius 3 is 1.97 bits per heavy atom. The van der Waals surface area contributed by atoms with Crippen molar-refractivity contribution in [2.45, 2.75) is 29.3 Å². The van der Waals surface area contributed by atoms with Crippen molar-refractivity contribution in [2.24, 2.45) is 0 Å². The molecule has 2 aliphatic carbocycles. The van der Waals surface area contributed by atoms with Gasteiger partial charge < -0.3 is 24.8 Å². The fourth-order valence-electron chi connectivity index (χ4n) is 5.52. The minimum Gasteiger partial charge on any atom is -1.00 e. The van der Waals surface area contributed by atoms with E-state index in [4.69, 9.17) is 0 Å². The van der Waals surface area contributed by atoms with Gasteiger partial charge in [-0.2, -0.15) is 0 Å². The zero-order valence-electron chi connectivity index (χ0n) is 18.0. The van der Waals surface area contributed by atoms with Gasteiger partial charge in [-0.1, -0.05) is 0 Å². The van der Waals surface area contributed by atoms with Gasteiger partial charge in [0.15, 0.2) is 0 Å². The minimum atomic E-state index is 0. The van der Waals surface area contributed by atoms with E-state index < -0.39 is 0 Å². The molecule has 1 unspecified atom stereocenters. The van der Waals surface area contributed by atoms with Crippen molar-refractivity contribution in [2.75, 3.05) is 0 Å². The molecule has 0 fully saturated rings. The Morgan fingerprint density at radius 1 is 0.656 bits per heavy atom. The Bertz CT molecular complexity index is 1310. The third-order valence-corrected chi connectivity index (χ3v) is 9.37. The average Bonchev–Trinajstić information content (AvgIpc) is 3.36. The first-order valence-corrected chi connectivity index (χ1v) is 12.1. The molecule has 0 amide bonds. The summed E-state index contributed by atoms with van der Waals surface area (Å²) < 4.78 is 0.101. The smallest absolute Gasteiger partial charge is 1.00 e. The molecular weight excluding hydrogens is 510 g/mol. The van der Waals surface area contributed by atoms with Crippen LogP contribution in [-0.2, 0) is 40.7 Å². The minimum absolute atomic E-state index is 0. The van der Waals surface area contributed by atoms with Crippen LogP contribution in [0.5, 0.6) is 0 Å². The van der Waals surface area contributed by atoms with E-state index in [0.29, 0.717) is 0 Å². The normalized spacial score (nSPS) is 14.2. The Hall–Kier alpha value is -1.66. The third-order valence-electron chi connectivity index (χ3n) is 7.13. The maximum absolute atomic E-state index is 2.51. The SMILES string of the molecule is CC[C]([Zr+2])(c1ccc2c(c1)Cc1ccccc1-2)c1cccc2c1Cc1ccccc1-2.[Cl-].[Cl-]. The molecule has 32 heavy (non-hydrogen) atoms. The van der Waals surface area contributed by atoms with Crippen molar-refractivity contribution < 1.29 is 49.5 Å². The number of hydrogen-bond donors (Lipinski definition) is 0. The van der Waals surface area contributed by atoms with Gasteiger partial charge in [0.1, 0.15) is 0 Å². The summed E-state index contributed by atoms with van der Waals surface area (Å²) in [6, 6.07) is 32.1. The molecule has 2 aliphatic rings. The molecule has 0 bridgehead atoms. The molecule has 0 saturated heterocycles. The molecule has 0 saturated carbocycles. The fourth-order valence-corrected chi connectivity index (χ4v) is 6.48. The largest absolute Gasteiger partial charge is 1.00 e. The average molecular weight is 534 g/mol. The van der Waals surface area contributed by atoms with Crippen LogP contribution in [0.3, 0.4) is 0 Å². The molecule has 0 aliphatic heterocycles. The van der Waals surface area contributed by atoms with Gasteiger partial charge >= 0.3 is 195 Å². The van der Waals surface area contributed by atoms with Crippen LogP contribution in [0.25, 0.3) is 22.3 Å². The molecule has 4 aromatic carbocycles. The van der Waals surface area contributed by atoms with Gasteiger partial charge in [0.05, 0.1) is 0 Å². The zero-order chi connectivity index (χ0) is 20.3. The van der Waals surface area contributed by atoms with E-state index >= 15 is 0 Å². The summed E-state index contributed by atoms with van der Waals surface area (Å²) in [7, 11) is 0. The van der Waals surface area contributed by atoms with Crippen LogP contribution in [0.2, 0.25) is 0 Å². The summed E-state index contributed by atoms with van der Waals surface area (Å²) in [5.74, 6) is 0. The first-order valence-electron chi connectivity index (χ1n) is 10.9. The van der Waals surface area contributed by atoms with E-state index in [-0.39, 0.29) is 27.9 Å². The van der Waals surface area contributed by atoms with Crippen LogP contribution >= 0.6 is 0 Å². The Labute approximate surface area is 218 Å². The van der Waals surface area contributed by atoms with Gasteiger partial charge in [-0.25, -0.2) is 0 Å². The second kappa shape index (κ2) is 8.94. The number of rotatable bonds is 3. The zero-order valence-corrected chi connectivity index (χ0v) is 21.9. The van der Waals surface area contributed by atoms with E-state index in [9.17, 15) is 0 Å². The standard InChI is InChI=1S/C29H23.2ClH.Zr/c1-2-23(21-14-15-26-22(17-21)16-19-8-3-5-10-24(19)26)27-12-7-13-28-25-11-6-4-9-20(25)18-29(27)28;;;/h3-15,17H,2,16,18H2,1H3;2*1H;/q;;;+2/p-2. The van der Waals surface area contributed by atoms with Gasteiger partial charge in [0.2, 0.25) is 0 Å². The Balaban J connectivity index is 0.00000122. The second-order valence-electron chi connectivity index (χ2n) is 8.63. The van der Waals surface area contributed by atoms with Crippen LogP contribution < -0.4 is 24.8 Å². The monoisotopic (exact) mass is 531 g/mol. The van der Waals surface area contributed by atoms with E-state index in [0.717, 1.165) is 19.3 Å². The molecule has 4 aromatic rings. The third kappa shape index (κ3) is 3.45. The Kier molecular flexibility index (Phi) is 6.57. The molecule has 157 valence electrons. The number of halogens is 2. The van der Waals surface area contributed by atoms with Crippen LogP contribution in [0.15, 0.2) is 84.9 Å². The summed E-state index contributed by atoms with van der Waals surface area (Å²) in [6.07, 6.45) is 3.26. The van der Waals surface area contributed by atoms with Crippen molar-refractivity contribution in [1.82, 2.24) is 0 Å². The molecule has 0 N–H and O–H groups in total. The fraction of sp³-hybridized carbons (Fsp3) is 0.172. The molecule has 1 atom stereocenters. The van der Waals surface area contributed by atoms with Crippen LogP contribution in [-0.4, -0.2) is 0 Å². The summed E-state index contributed by atoms with van der Waals surface area (Å²) in [6.45, 7) is 2.36. The van der Waals surface area contributed by atoms with Crippen molar-refractivity contribution in [1.29, 1.82) is 0 Å². The molecule has 0 aromatic heterocycles. The maximum atomic E-state index is 2.51. The molecule has 0 spiro atoms. The Morgan fingerprint density at radius 2 is 1.25 bits per heavy atom. The molecular formula is C29H23Cl2Zr. The number of hydrogen-bond acceptors (Lipinski definition) is 0. The van der Waals surface area contributed by atoms with Gasteiger partial charge in [-0.3, -0.25) is 0 Å². The van der Waals surface area contributed by atoms with Gasteiger partial charge in [0, 0.05) is 0 Å². The summed E-state index contributed by atoms with van der Waals surface area (Å²) in [5, 5.41) is 0. The van der Waals surface area contributed by atoms with E-state index in [1.54, 1.807) is 30.3 Å². The molecule has 3 heteroatoms. The molecule has 0 radical (unpaired) electrons. The van der Waals surface area contributed by atoms with E-state index in [2.05, 4.69) is 91.9 Å². The van der Waals surface area contributed by atoms with Gasteiger partial charge in [-0.05, 0) is 0 Å². The van der Waals surface area contributed by atoms with Crippen molar-refractivity contribution in [3.63, 3.8) is 0 Å². The number of fused-ring (bicyclic) bond motifs is 6. The van der Waals surface area contributed by atoms with Crippen LogP contribution in [0.4, 0.5) is 0 Å². The van der Waals surface area contributed by atoms with Crippen molar-refractivity contribution in [3.05, 3.63) is 118 Å². The van der Waals surface area contributed by atoms with Crippen LogP contribution in [0.1, 0.15) is 46.7 Å². The molecule has 6 rings (SSSR count). The molecule has 0 nitrogen and oxygen atoms in total. The maximum Gasteiger partial charge on any atom is -1.00 e. The summed E-state index contributed by atoms with van der Waals surface area (Å²) in [5.41, 5.74) is 14.7. The van der Waals surface area contributed by atoms with Crippen molar-refractivity contribution >= 4 is 0 Å². The predicted octanol–water partition coefficient (Wildman–Crippen LogP) is 1.04. The van der Waals surface area contributed by atoms with Gasteiger partial charge in [-0.15, -0.1) is 0 Å². The molecule has 0 heterocycles. The van der Waals surface area contributed by atoms with Crippen LogP contribution in [0, 0.1) is 0 Å². The topological polar surface area (TPSA) is 0 Å². The quantitative estimate of drug-likeness (QED) is 0.319.